The summed E-state index contributed by atoms with van der Waals surface area (Å²) in [4.78, 5) is 13.7. The van der Waals surface area contributed by atoms with Crippen LogP contribution in [0, 0.1) is 6.92 Å². The van der Waals surface area contributed by atoms with E-state index in [-0.39, 0.29) is 16.8 Å². The van der Waals surface area contributed by atoms with Crippen LogP contribution in [0.3, 0.4) is 0 Å². The first-order chi connectivity index (χ1) is 11.3. The molecule has 126 valence electrons. The van der Waals surface area contributed by atoms with Crippen molar-refractivity contribution in [2.45, 2.75) is 38.1 Å². The normalized spacial score (nSPS) is 16.8. The largest absolute Gasteiger partial charge is 0.309 e. The van der Waals surface area contributed by atoms with E-state index in [2.05, 4.69) is 4.72 Å². The number of hydrogen-bond donors (Lipinski definition) is 1. The van der Waals surface area contributed by atoms with E-state index in [4.69, 9.17) is 0 Å². The third-order valence-corrected chi connectivity index (χ3v) is 5.57. The number of nitrogens with zero attached hydrogens (tertiary/aromatic N) is 1. The van der Waals surface area contributed by atoms with Gasteiger partial charge in [-0.3, -0.25) is 9.52 Å². The van der Waals surface area contributed by atoms with Crippen molar-refractivity contribution in [1.29, 1.82) is 0 Å². The molecule has 0 bridgehead atoms. The van der Waals surface area contributed by atoms with Crippen molar-refractivity contribution in [2.24, 2.45) is 0 Å². The number of sulfonamides is 1. The molecular formula is C18H20N2O3S. The van der Waals surface area contributed by atoms with E-state index in [1.165, 1.54) is 6.92 Å². The fraction of sp³-hybridized carbons (Fsp3) is 0.278. The van der Waals surface area contributed by atoms with Crippen molar-refractivity contribution >= 4 is 27.3 Å². The highest BCUT2D eigenvalue weighted by Crippen LogP contribution is 2.34. The van der Waals surface area contributed by atoms with Crippen LogP contribution in [0.4, 0.5) is 11.4 Å². The summed E-state index contributed by atoms with van der Waals surface area (Å²) in [7, 11) is -3.66. The molecule has 1 amide bonds. The number of benzene rings is 2. The van der Waals surface area contributed by atoms with Gasteiger partial charge in [0.15, 0.2) is 0 Å². The van der Waals surface area contributed by atoms with Crippen LogP contribution >= 0.6 is 0 Å². The Morgan fingerprint density at radius 2 is 1.96 bits per heavy atom. The summed E-state index contributed by atoms with van der Waals surface area (Å²) in [6.45, 7) is 5.39. The number of hydrogen-bond acceptors (Lipinski definition) is 3. The number of aryl methyl sites for hydroxylation is 1. The molecule has 6 heteroatoms. The van der Waals surface area contributed by atoms with E-state index in [1.54, 1.807) is 35.2 Å². The molecule has 0 aliphatic carbocycles. The molecule has 0 spiro atoms. The zero-order chi connectivity index (χ0) is 17.5. The molecule has 1 aliphatic heterocycles. The minimum absolute atomic E-state index is 0.0326. The Balaban J connectivity index is 1.93. The second-order valence-electron chi connectivity index (χ2n) is 6.21. The molecule has 1 aliphatic rings. The Bertz CT molecular complexity index is 906. The zero-order valence-electron chi connectivity index (χ0n) is 13.9. The molecule has 0 aromatic heterocycles. The highest BCUT2D eigenvalue weighted by Gasteiger charge is 2.30. The molecule has 2 aromatic rings. The lowest BCUT2D eigenvalue weighted by Crippen LogP contribution is -2.33. The second kappa shape index (κ2) is 5.94. The van der Waals surface area contributed by atoms with E-state index in [0.29, 0.717) is 12.1 Å². The van der Waals surface area contributed by atoms with Gasteiger partial charge in [0, 0.05) is 24.3 Å². The van der Waals surface area contributed by atoms with E-state index in [1.807, 2.05) is 26.0 Å². The number of fused-ring (bicyclic) bond motifs is 1. The van der Waals surface area contributed by atoms with Crippen LogP contribution in [0.2, 0.25) is 0 Å². The van der Waals surface area contributed by atoms with Gasteiger partial charge >= 0.3 is 0 Å². The minimum atomic E-state index is -3.66. The van der Waals surface area contributed by atoms with Gasteiger partial charge < -0.3 is 4.90 Å². The Hall–Kier alpha value is -2.34. The lowest BCUT2D eigenvalue weighted by Gasteiger charge is -2.20. The highest BCUT2D eigenvalue weighted by atomic mass is 32.2. The first kappa shape index (κ1) is 16.5. The second-order valence-corrected chi connectivity index (χ2v) is 7.89. The number of rotatable bonds is 3. The van der Waals surface area contributed by atoms with Crippen molar-refractivity contribution in [3.05, 3.63) is 53.6 Å². The standard InChI is InChI=1S/C18H20N2O3S/c1-12-5-4-6-16(9-12)19-24(22,23)17-7-8-18-15(11-17)10-13(2)20(18)14(3)21/h4-9,11,13,19H,10H2,1-3H3. The summed E-state index contributed by atoms with van der Waals surface area (Å²) in [6.07, 6.45) is 0.655. The van der Waals surface area contributed by atoms with Crippen molar-refractivity contribution in [1.82, 2.24) is 0 Å². The van der Waals surface area contributed by atoms with Gasteiger partial charge in [-0.15, -0.1) is 0 Å². The Morgan fingerprint density at radius 1 is 1.21 bits per heavy atom. The summed E-state index contributed by atoms with van der Waals surface area (Å²) in [5.74, 6) is -0.0326. The number of anilines is 2. The lowest BCUT2D eigenvalue weighted by atomic mass is 10.1. The van der Waals surface area contributed by atoms with E-state index in [9.17, 15) is 13.2 Å². The van der Waals surface area contributed by atoms with Crippen LogP contribution in [0.15, 0.2) is 47.4 Å². The van der Waals surface area contributed by atoms with Crippen LogP contribution in [-0.4, -0.2) is 20.4 Å². The topological polar surface area (TPSA) is 66.5 Å². The third kappa shape index (κ3) is 3.01. The van der Waals surface area contributed by atoms with Gasteiger partial charge in [-0.25, -0.2) is 8.42 Å². The van der Waals surface area contributed by atoms with Gasteiger partial charge in [-0.2, -0.15) is 0 Å². The Labute approximate surface area is 142 Å². The predicted octanol–water partition coefficient (Wildman–Crippen LogP) is 3.09. The number of carbonyl (C=O) groups excluding carboxylic acids is 1. The molecule has 1 unspecified atom stereocenters. The van der Waals surface area contributed by atoms with E-state index >= 15 is 0 Å². The monoisotopic (exact) mass is 344 g/mol. The van der Waals surface area contributed by atoms with Crippen molar-refractivity contribution < 1.29 is 13.2 Å². The third-order valence-electron chi connectivity index (χ3n) is 4.19. The van der Waals surface area contributed by atoms with Gasteiger partial charge in [0.2, 0.25) is 5.91 Å². The summed E-state index contributed by atoms with van der Waals surface area (Å²) in [6, 6.07) is 12.2. The fourth-order valence-corrected chi connectivity index (χ4v) is 4.28. The van der Waals surface area contributed by atoms with E-state index < -0.39 is 10.0 Å². The molecule has 1 atom stereocenters. The average Bonchev–Trinajstić information content (AvgIpc) is 2.81. The maximum atomic E-state index is 12.6. The molecule has 0 saturated carbocycles. The van der Waals surface area contributed by atoms with Crippen LogP contribution in [0.25, 0.3) is 0 Å². The lowest BCUT2D eigenvalue weighted by molar-refractivity contribution is -0.116. The number of carbonyl (C=O) groups is 1. The smallest absolute Gasteiger partial charge is 0.261 e. The molecule has 0 saturated heterocycles. The molecule has 3 rings (SSSR count). The quantitative estimate of drug-likeness (QED) is 0.930. The van der Waals surface area contributed by atoms with Gasteiger partial charge in [0.1, 0.15) is 0 Å². The molecular weight excluding hydrogens is 324 g/mol. The van der Waals surface area contributed by atoms with E-state index in [0.717, 1.165) is 16.8 Å². The van der Waals surface area contributed by atoms with Crippen LogP contribution in [0.5, 0.6) is 0 Å². The molecule has 5 nitrogen and oxygen atoms in total. The maximum absolute atomic E-state index is 12.6. The van der Waals surface area contributed by atoms with Crippen molar-refractivity contribution in [3.8, 4) is 0 Å². The molecule has 1 N–H and O–H groups in total. The highest BCUT2D eigenvalue weighted by molar-refractivity contribution is 7.92. The summed E-state index contributed by atoms with van der Waals surface area (Å²) in [5, 5.41) is 0. The van der Waals surface area contributed by atoms with Crippen LogP contribution < -0.4 is 9.62 Å². The Kier molecular flexibility index (Phi) is 4.09. The van der Waals surface area contributed by atoms with Gasteiger partial charge in [-0.05, 0) is 61.7 Å². The molecule has 0 radical (unpaired) electrons. The van der Waals surface area contributed by atoms with Gasteiger partial charge in [0.25, 0.3) is 10.0 Å². The molecule has 1 heterocycles. The predicted molar refractivity (Wildman–Crippen MR) is 94.8 cm³/mol. The first-order valence-corrected chi connectivity index (χ1v) is 9.28. The summed E-state index contributed by atoms with van der Waals surface area (Å²) >= 11 is 0. The minimum Gasteiger partial charge on any atom is -0.309 e. The first-order valence-electron chi connectivity index (χ1n) is 7.80. The summed E-state index contributed by atoms with van der Waals surface area (Å²) < 4.78 is 27.8. The zero-order valence-corrected chi connectivity index (χ0v) is 14.7. The average molecular weight is 344 g/mol. The summed E-state index contributed by atoms with van der Waals surface area (Å²) in [5.41, 5.74) is 3.19. The van der Waals surface area contributed by atoms with Crippen LogP contribution in [-0.2, 0) is 21.2 Å². The molecule has 24 heavy (non-hydrogen) atoms. The molecule has 2 aromatic carbocycles. The number of nitrogens with one attached hydrogen (secondary N) is 1. The van der Waals surface area contributed by atoms with Crippen molar-refractivity contribution in [2.75, 3.05) is 9.62 Å². The Morgan fingerprint density at radius 3 is 2.62 bits per heavy atom. The SMILES string of the molecule is CC(=O)N1c2ccc(S(=O)(=O)Nc3cccc(C)c3)cc2CC1C. The van der Waals surface area contributed by atoms with Crippen molar-refractivity contribution in [3.63, 3.8) is 0 Å². The fourth-order valence-electron chi connectivity index (χ4n) is 3.18. The maximum Gasteiger partial charge on any atom is 0.261 e. The number of amides is 1. The molecule has 0 fully saturated rings. The van der Waals surface area contributed by atoms with Gasteiger partial charge in [-0.1, -0.05) is 12.1 Å². The van der Waals surface area contributed by atoms with Gasteiger partial charge in [0.05, 0.1) is 4.90 Å². The van der Waals surface area contributed by atoms with Crippen LogP contribution in [0.1, 0.15) is 25.0 Å².